The molecule has 2 amide bonds. The number of morpholine rings is 1. The van der Waals surface area contributed by atoms with E-state index in [1.807, 2.05) is 0 Å². The Morgan fingerprint density at radius 2 is 1.81 bits per heavy atom. The van der Waals surface area contributed by atoms with E-state index in [0.717, 1.165) is 12.8 Å². The number of hydrogen-bond donors (Lipinski definition) is 1. The third-order valence-corrected chi connectivity index (χ3v) is 6.48. The number of rotatable bonds is 3. The molecular formula is C20H22N2O5. The standard InChI is InChI=1S/C20H22N2O5/c23-18(16-12-9-14-15(10-12)27-20(25)17(14)16)21-13-3-1-11(2-4-13)19(24)22-5-7-26-8-6-22/h1-4,12,14-17H,5-10H2,(H,21,23)/t12-,14+,15-,16-,17+/m1/s1. The van der Waals surface area contributed by atoms with Crippen molar-refractivity contribution in [2.45, 2.75) is 18.9 Å². The lowest BCUT2D eigenvalue weighted by atomic mass is 9.79. The second-order valence-corrected chi connectivity index (χ2v) is 7.89. The molecule has 2 saturated carbocycles. The summed E-state index contributed by atoms with van der Waals surface area (Å²) < 4.78 is 10.7. The van der Waals surface area contributed by atoms with Crippen molar-refractivity contribution >= 4 is 23.5 Å². The van der Waals surface area contributed by atoms with Crippen molar-refractivity contribution in [3.8, 4) is 0 Å². The highest BCUT2D eigenvalue weighted by Crippen LogP contribution is 2.57. The number of hydrogen-bond acceptors (Lipinski definition) is 5. The van der Waals surface area contributed by atoms with E-state index in [-0.39, 0.29) is 47.6 Å². The Bertz CT molecular complexity index is 784. The van der Waals surface area contributed by atoms with Crippen LogP contribution in [0.3, 0.4) is 0 Å². The number of ether oxygens (including phenoxy) is 2. The normalized spacial score (nSPS) is 33.9. The highest BCUT2D eigenvalue weighted by molar-refractivity contribution is 5.98. The molecule has 2 heterocycles. The van der Waals surface area contributed by atoms with Crippen molar-refractivity contribution in [1.82, 2.24) is 4.90 Å². The number of carbonyl (C=O) groups excluding carboxylic acids is 3. The van der Waals surface area contributed by atoms with E-state index in [0.29, 0.717) is 37.6 Å². The van der Waals surface area contributed by atoms with Crippen LogP contribution < -0.4 is 5.32 Å². The molecule has 2 aliphatic carbocycles. The molecule has 5 atom stereocenters. The molecule has 0 radical (unpaired) electrons. The van der Waals surface area contributed by atoms with Crippen LogP contribution in [0.5, 0.6) is 0 Å². The molecule has 2 bridgehead atoms. The van der Waals surface area contributed by atoms with Crippen molar-refractivity contribution in [2.24, 2.45) is 23.7 Å². The molecule has 1 N–H and O–H groups in total. The zero-order valence-electron chi connectivity index (χ0n) is 14.9. The molecule has 7 heteroatoms. The van der Waals surface area contributed by atoms with Crippen LogP contribution in [0.15, 0.2) is 24.3 Å². The van der Waals surface area contributed by atoms with E-state index < -0.39 is 0 Å². The number of benzene rings is 1. The number of nitrogens with zero attached hydrogens (tertiary/aromatic N) is 1. The van der Waals surface area contributed by atoms with E-state index in [1.165, 1.54) is 0 Å². The minimum absolute atomic E-state index is 0.0241. The van der Waals surface area contributed by atoms with Gasteiger partial charge in [-0.3, -0.25) is 14.4 Å². The van der Waals surface area contributed by atoms with Crippen molar-refractivity contribution in [2.75, 3.05) is 31.6 Å². The summed E-state index contributed by atoms with van der Waals surface area (Å²) in [6, 6.07) is 6.95. The summed E-state index contributed by atoms with van der Waals surface area (Å²) in [6.07, 6.45) is 1.74. The first-order valence-corrected chi connectivity index (χ1v) is 9.60. The summed E-state index contributed by atoms with van der Waals surface area (Å²) in [5.74, 6) is -0.477. The summed E-state index contributed by atoms with van der Waals surface area (Å²) in [4.78, 5) is 39.1. The molecular weight excluding hydrogens is 348 g/mol. The number of carbonyl (C=O) groups is 3. The summed E-state index contributed by atoms with van der Waals surface area (Å²) in [6.45, 7) is 2.32. The largest absolute Gasteiger partial charge is 0.462 e. The number of amides is 2. The second kappa shape index (κ2) is 6.34. The Morgan fingerprint density at radius 1 is 1.07 bits per heavy atom. The first-order chi connectivity index (χ1) is 13.1. The van der Waals surface area contributed by atoms with Crippen molar-refractivity contribution < 1.29 is 23.9 Å². The Morgan fingerprint density at radius 3 is 2.56 bits per heavy atom. The average Bonchev–Trinajstić information content (AvgIpc) is 3.31. The van der Waals surface area contributed by atoms with Gasteiger partial charge in [-0.2, -0.15) is 0 Å². The first kappa shape index (κ1) is 16.7. The third-order valence-electron chi connectivity index (χ3n) is 6.48. The Kier molecular flexibility index (Phi) is 3.93. The zero-order chi connectivity index (χ0) is 18.5. The molecule has 2 saturated heterocycles. The Balaban J connectivity index is 1.25. The van der Waals surface area contributed by atoms with Gasteiger partial charge < -0.3 is 19.7 Å². The second-order valence-electron chi connectivity index (χ2n) is 7.89. The monoisotopic (exact) mass is 370 g/mol. The topological polar surface area (TPSA) is 84.9 Å². The molecule has 0 unspecified atom stereocenters. The number of anilines is 1. The first-order valence-electron chi connectivity index (χ1n) is 9.60. The number of nitrogens with one attached hydrogen (secondary N) is 1. The highest BCUT2D eigenvalue weighted by atomic mass is 16.6. The smallest absolute Gasteiger partial charge is 0.310 e. The van der Waals surface area contributed by atoms with Gasteiger partial charge in [-0.15, -0.1) is 0 Å². The number of esters is 1. The fraction of sp³-hybridized carbons (Fsp3) is 0.550. The molecule has 7 nitrogen and oxygen atoms in total. The molecule has 1 aromatic rings. The van der Waals surface area contributed by atoms with Crippen molar-refractivity contribution in [1.29, 1.82) is 0 Å². The van der Waals surface area contributed by atoms with Gasteiger partial charge in [-0.25, -0.2) is 0 Å². The molecule has 5 rings (SSSR count). The Hall–Kier alpha value is -2.41. The molecule has 27 heavy (non-hydrogen) atoms. The van der Waals surface area contributed by atoms with Crippen molar-refractivity contribution in [3.63, 3.8) is 0 Å². The SMILES string of the molecule is O=C(Nc1ccc(C(=O)N2CCOCC2)cc1)[C@@H]1[C@@H]2C[C@@H]3[C@@H]1C(=O)O[C@@H]3C2. The molecule has 1 aromatic carbocycles. The van der Waals surface area contributed by atoms with Crippen LogP contribution in [0.1, 0.15) is 23.2 Å². The van der Waals surface area contributed by atoms with Crippen LogP contribution in [0.25, 0.3) is 0 Å². The summed E-state index contributed by atoms with van der Waals surface area (Å²) in [7, 11) is 0. The predicted molar refractivity (Wildman–Crippen MR) is 94.9 cm³/mol. The highest BCUT2D eigenvalue weighted by Gasteiger charge is 2.63. The van der Waals surface area contributed by atoms with Gasteiger partial charge in [0.05, 0.1) is 25.0 Å². The zero-order valence-corrected chi connectivity index (χ0v) is 14.9. The Labute approximate surface area is 157 Å². The molecule has 142 valence electrons. The van der Waals surface area contributed by atoms with Gasteiger partial charge in [0.2, 0.25) is 5.91 Å². The van der Waals surface area contributed by atoms with Crippen LogP contribution in [0.2, 0.25) is 0 Å². The van der Waals surface area contributed by atoms with E-state index in [4.69, 9.17) is 9.47 Å². The van der Waals surface area contributed by atoms with Crippen LogP contribution in [-0.4, -0.2) is 55.1 Å². The molecule has 2 aliphatic heterocycles. The minimum atomic E-state index is -0.295. The maximum absolute atomic E-state index is 12.8. The predicted octanol–water partition coefficient (Wildman–Crippen LogP) is 1.30. The van der Waals surface area contributed by atoms with Gasteiger partial charge in [0.1, 0.15) is 6.10 Å². The van der Waals surface area contributed by atoms with E-state index >= 15 is 0 Å². The van der Waals surface area contributed by atoms with Gasteiger partial charge in [0, 0.05) is 30.3 Å². The van der Waals surface area contributed by atoms with Crippen LogP contribution in [0.4, 0.5) is 5.69 Å². The molecule has 0 spiro atoms. The minimum Gasteiger partial charge on any atom is -0.462 e. The van der Waals surface area contributed by atoms with E-state index in [9.17, 15) is 14.4 Å². The molecule has 4 fully saturated rings. The van der Waals surface area contributed by atoms with Gasteiger partial charge in [-0.05, 0) is 43.0 Å². The maximum Gasteiger partial charge on any atom is 0.310 e. The fourth-order valence-corrected chi connectivity index (χ4v) is 5.23. The van der Waals surface area contributed by atoms with Crippen LogP contribution in [-0.2, 0) is 19.1 Å². The van der Waals surface area contributed by atoms with Gasteiger partial charge in [0.15, 0.2) is 0 Å². The van der Waals surface area contributed by atoms with Gasteiger partial charge in [-0.1, -0.05) is 0 Å². The summed E-state index contributed by atoms with van der Waals surface area (Å²) in [5.41, 5.74) is 1.24. The average molecular weight is 370 g/mol. The fourth-order valence-electron chi connectivity index (χ4n) is 5.23. The van der Waals surface area contributed by atoms with Gasteiger partial charge in [0.25, 0.3) is 5.91 Å². The lowest BCUT2D eigenvalue weighted by Gasteiger charge is -2.27. The van der Waals surface area contributed by atoms with Crippen LogP contribution in [0, 0.1) is 23.7 Å². The number of fused-ring (bicyclic) bond motifs is 1. The quantitative estimate of drug-likeness (QED) is 0.811. The summed E-state index contributed by atoms with van der Waals surface area (Å²) in [5, 5.41) is 2.93. The molecule has 4 aliphatic rings. The van der Waals surface area contributed by atoms with E-state index in [2.05, 4.69) is 5.32 Å². The summed E-state index contributed by atoms with van der Waals surface area (Å²) >= 11 is 0. The van der Waals surface area contributed by atoms with Crippen molar-refractivity contribution in [3.05, 3.63) is 29.8 Å². The maximum atomic E-state index is 12.8. The third kappa shape index (κ3) is 2.72. The lowest BCUT2D eigenvalue weighted by molar-refractivity contribution is -0.145. The van der Waals surface area contributed by atoms with Crippen LogP contribution >= 0.6 is 0 Å². The van der Waals surface area contributed by atoms with Gasteiger partial charge >= 0.3 is 5.97 Å². The lowest BCUT2D eigenvalue weighted by Crippen LogP contribution is -2.40. The van der Waals surface area contributed by atoms with E-state index in [1.54, 1.807) is 29.2 Å². The molecule has 0 aromatic heterocycles.